The second-order valence-corrected chi connectivity index (χ2v) is 7.82. The minimum absolute atomic E-state index is 0.0445. The van der Waals surface area contributed by atoms with Crippen LogP contribution in [0.5, 0.6) is 0 Å². The van der Waals surface area contributed by atoms with Crippen LogP contribution in [0.15, 0.2) is 6.20 Å². The molecule has 2 aliphatic heterocycles. The van der Waals surface area contributed by atoms with Crippen molar-refractivity contribution < 1.29 is 19.1 Å². The van der Waals surface area contributed by atoms with Gasteiger partial charge in [-0.2, -0.15) is 5.10 Å². The van der Waals surface area contributed by atoms with Crippen LogP contribution >= 0.6 is 0 Å². The fraction of sp³-hybridized carbons (Fsp3) is 0.706. The van der Waals surface area contributed by atoms with E-state index in [0.29, 0.717) is 18.8 Å². The molecule has 0 N–H and O–H groups in total. The zero-order chi connectivity index (χ0) is 18.5. The largest absolute Gasteiger partial charge is 0.444 e. The van der Waals surface area contributed by atoms with E-state index in [1.54, 1.807) is 16.0 Å². The molecule has 0 spiro atoms. The van der Waals surface area contributed by atoms with Crippen LogP contribution in [0, 0.1) is 0 Å². The number of fused-ring (bicyclic) bond motifs is 1. The standard InChI is InChI=1S/C17H26N4O4/c1-10-8-20-14(9-19(10)15(22)25-17(4,5)6)13(7-18-20)21-11(2)12(3)24-16(21)23/h7,10-12H,8-9H2,1-6H3/t10-,11-,12?/m0/s1. The highest BCUT2D eigenvalue weighted by Gasteiger charge is 2.41. The molecule has 1 fully saturated rings. The number of rotatable bonds is 1. The molecule has 0 aromatic carbocycles. The van der Waals surface area contributed by atoms with E-state index in [-0.39, 0.29) is 30.4 Å². The summed E-state index contributed by atoms with van der Waals surface area (Å²) in [6.45, 7) is 12.2. The molecule has 1 aromatic heterocycles. The Morgan fingerprint density at radius 2 is 2.00 bits per heavy atom. The van der Waals surface area contributed by atoms with Crippen LogP contribution in [0.4, 0.5) is 15.3 Å². The van der Waals surface area contributed by atoms with Gasteiger partial charge < -0.3 is 9.47 Å². The van der Waals surface area contributed by atoms with Crippen molar-refractivity contribution in [3.8, 4) is 0 Å². The maximum atomic E-state index is 12.5. The summed E-state index contributed by atoms with van der Waals surface area (Å²) in [7, 11) is 0. The van der Waals surface area contributed by atoms with Gasteiger partial charge in [-0.15, -0.1) is 0 Å². The second kappa shape index (κ2) is 5.93. The van der Waals surface area contributed by atoms with Crippen molar-refractivity contribution in [2.24, 2.45) is 0 Å². The summed E-state index contributed by atoms with van der Waals surface area (Å²) in [5.41, 5.74) is 0.962. The molecule has 3 heterocycles. The van der Waals surface area contributed by atoms with Crippen molar-refractivity contribution in [3.05, 3.63) is 11.9 Å². The van der Waals surface area contributed by atoms with Crippen molar-refractivity contribution in [1.82, 2.24) is 14.7 Å². The van der Waals surface area contributed by atoms with Crippen molar-refractivity contribution in [1.29, 1.82) is 0 Å². The van der Waals surface area contributed by atoms with E-state index in [0.717, 1.165) is 5.69 Å². The summed E-state index contributed by atoms with van der Waals surface area (Å²) in [5, 5.41) is 4.40. The third kappa shape index (κ3) is 3.17. The van der Waals surface area contributed by atoms with Crippen molar-refractivity contribution >= 4 is 17.9 Å². The van der Waals surface area contributed by atoms with E-state index >= 15 is 0 Å². The molecule has 25 heavy (non-hydrogen) atoms. The van der Waals surface area contributed by atoms with Crippen molar-refractivity contribution in [2.45, 2.75) is 78.4 Å². The second-order valence-electron chi connectivity index (χ2n) is 7.82. The molecule has 0 radical (unpaired) electrons. The zero-order valence-electron chi connectivity index (χ0n) is 15.6. The maximum absolute atomic E-state index is 12.5. The quantitative estimate of drug-likeness (QED) is 0.778. The van der Waals surface area contributed by atoms with Crippen molar-refractivity contribution in [2.75, 3.05) is 4.90 Å². The third-order valence-corrected chi connectivity index (χ3v) is 4.67. The summed E-state index contributed by atoms with van der Waals surface area (Å²) in [6, 6.07) is -0.132. The van der Waals surface area contributed by atoms with Crippen molar-refractivity contribution in [3.63, 3.8) is 0 Å². The summed E-state index contributed by atoms with van der Waals surface area (Å²) in [4.78, 5) is 28.0. The topological polar surface area (TPSA) is 76.9 Å². The SMILES string of the molecule is CC1OC(=O)N(c2cnn3c2CN(C(=O)OC(C)(C)C)[C@@H](C)C3)[C@H]1C. The van der Waals surface area contributed by atoms with E-state index in [1.807, 2.05) is 46.2 Å². The lowest BCUT2D eigenvalue weighted by molar-refractivity contribution is 0.00913. The molecule has 3 rings (SSSR count). The number of hydrogen-bond donors (Lipinski definition) is 0. The fourth-order valence-corrected chi connectivity index (χ4v) is 3.16. The van der Waals surface area contributed by atoms with Crippen LogP contribution in [0.1, 0.15) is 47.2 Å². The van der Waals surface area contributed by atoms with Gasteiger partial charge in [0.25, 0.3) is 0 Å². The summed E-state index contributed by atoms with van der Waals surface area (Å²) in [6.07, 6.45) is 0.755. The molecule has 0 saturated carbocycles. The molecule has 2 aliphatic rings. The highest BCUT2D eigenvalue weighted by molar-refractivity contribution is 5.91. The molecule has 0 bridgehead atoms. The van der Waals surface area contributed by atoms with Gasteiger partial charge in [-0.25, -0.2) is 9.59 Å². The van der Waals surface area contributed by atoms with E-state index in [4.69, 9.17) is 9.47 Å². The molecular formula is C17H26N4O4. The van der Waals surface area contributed by atoms with E-state index in [1.165, 1.54) is 0 Å². The summed E-state index contributed by atoms with van der Waals surface area (Å²) < 4.78 is 12.7. The summed E-state index contributed by atoms with van der Waals surface area (Å²) in [5.74, 6) is 0. The van der Waals surface area contributed by atoms with Gasteiger partial charge in [0.1, 0.15) is 11.7 Å². The molecule has 2 amide bonds. The number of carbonyl (C=O) groups excluding carboxylic acids is 2. The number of hydrogen-bond acceptors (Lipinski definition) is 5. The van der Waals surface area contributed by atoms with Crippen LogP contribution in [-0.2, 0) is 22.6 Å². The Hall–Kier alpha value is -2.25. The van der Waals surface area contributed by atoms with E-state index in [2.05, 4.69) is 5.10 Å². The fourth-order valence-electron chi connectivity index (χ4n) is 3.16. The van der Waals surface area contributed by atoms with Gasteiger partial charge in [0.15, 0.2) is 0 Å². The molecular weight excluding hydrogens is 324 g/mol. The van der Waals surface area contributed by atoms with Gasteiger partial charge in [0.2, 0.25) is 0 Å². The molecule has 1 unspecified atom stereocenters. The molecule has 3 atom stereocenters. The maximum Gasteiger partial charge on any atom is 0.415 e. The third-order valence-electron chi connectivity index (χ3n) is 4.67. The average molecular weight is 350 g/mol. The lowest BCUT2D eigenvalue weighted by atomic mass is 10.1. The highest BCUT2D eigenvalue weighted by Crippen LogP contribution is 2.33. The monoisotopic (exact) mass is 350 g/mol. The highest BCUT2D eigenvalue weighted by atomic mass is 16.6. The number of carbonyl (C=O) groups is 2. The number of anilines is 1. The minimum atomic E-state index is -0.556. The lowest BCUT2D eigenvalue weighted by Crippen LogP contribution is -2.47. The van der Waals surface area contributed by atoms with Crippen LogP contribution < -0.4 is 4.90 Å². The first-order valence-electron chi connectivity index (χ1n) is 8.62. The van der Waals surface area contributed by atoms with Gasteiger partial charge in [-0.05, 0) is 41.5 Å². The number of aromatic nitrogens is 2. The number of nitrogens with zero attached hydrogens (tertiary/aromatic N) is 4. The Morgan fingerprint density at radius 1 is 1.32 bits per heavy atom. The Morgan fingerprint density at radius 3 is 2.56 bits per heavy atom. The molecule has 1 saturated heterocycles. The van der Waals surface area contributed by atoms with E-state index < -0.39 is 5.60 Å². The first-order chi connectivity index (χ1) is 11.6. The number of cyclic esters (lactones) is 1. The van der Waals surface area contributed by atoms with Gasteiger partial charge in [0.05, 0.1) is 42.8 Å². The molecule has 138 valence electrons. The smallest absolute Gasteiger partial charge is 0.415 e. The molecule has 0 aliphatic carbocycles. The van der Waals surface area contributed by atoms with E-state index in [9.17, 15) is 9.59 Å². The van der Waals surface area contributed by atoms with Crippen LogP contribution in [0.25, 0.3) is 0 Å². The molecule has 8 heteroatoms. The zero-order valence-corrected chi connectivity index (χ0v) is 15.6. The van der Waals surface area contributed by atoms with Gasteiger partial charge in [0, 0.05) is 0 Å². The van der Waals surface area contributed by atoms with Gasteiger partial charge in [-0.3, -0.25) is 14.5 Å². The Balaban J connectivity index is 1.88. The van der Waals surface area contributed by atoms with Crippen LogP contribution in [0.2, 0.25) is 0 Å². The number of ether oxygens (including phenoxy) is 2. The molecule has 1 aromatic rings. The van der Waals surface area contributed by atoms with Gasteiger partial charge >= 0.3 is 12.2 Å². The van der Waals surface area contributed by atoms with Crippen LogP contribution in [-0.4, -0.2) is 50.7 Å². The lowest BCUT2D eigenvalue weighted by Gasteiger charge is -2.36. The predicted octanol–water partition coefficient (Wildman–Crippen LogP) is 2.76. The Kier molecular flexibility index (Phi) is 4.17. The van der Waals surface area contributed by atoms with Gasteiger partial charge in [-0.1, -0.05) is 0 Å². The Labute approximate surface area is 147 Å². The normalized spacial score (nSPS) is 26.5. The Bertz CT molecular complexity index is 693. The summed E-state index contributed by atoms with van der Waals surface area (Å²) >= 11 is 0. The molecule has 8 nitrogen and oxygen atoms in total. The first-order valence-corrected chi connectivity index (χ1v) is 8.62. The minimum Gasteiger partial charge on any atom is -0.444 e. The number of amides is 2. The average Bonchev–Trinajstić information content (AvgIpc) is 2.97. The first kappa shape index (κ1) is 17.6. The van der Waals surface area contributed by atoms with Crippen LogP contribution in [0.3, 0.4) is 0 Å². The predicted molar refractivity (Wildman–Crippen MR) is 91.4 cm³/mol.